The third-order valence-corrected chi connectivity index (χ3v) is 2.20. The van der Waals surface area contributed by atoms with Crippen LogP contribution in [-0.4, -0.2) is 35.8 Å². The summed E-state index contributed by atoms with van der Waals surface area (Å²) in [4.78, 5) is 27.1. The molecule has 0 radical (unpaired) electrons. The average molecular weight is 199 g/mol. The van der Waals surface area contributed by atoms with Gasteiger partial charge in [0, 0.05) is 19.5 Å². The molecule has 5 nitrogen and oxygen atoms in total. The number of nitrogens with two attached hydrogens (primary N) is 1. The van der Waals surface area contributed by atoms with Crippen molar-refractivity contribution in [2.75, 3.05) is 14.1 Å². The Morgan fingerprint density at radius 3 is 2.54 bits per heavy atom. The molecule has 0 bridgehead atoms. The van der Waals surface area contributed by atoms with E-state index in [1.165, 1.54) is 10.3 Å². The maximum atomic E-state index is 11.3. The highest BCUT2D eigenvalue weighted by atomic mass is 32.1. The van der Waals surface area contributed by atoms with Crippen LogP contribution in [0.1, 0.15) is 20.3 Å². The van der Waals surface area contributed by atoms with Crippen LogP contribution >= 0.6 is 11.3 Å². The lowest BCUT2D eigenvalue weighted by Gasteiger charge is -2.06. The first-order valence-corrected chi connectivity index (χ1v) is 4.37. The summed E-state index contributed by atoms with van der Waals surface area (Å²) < 4.78 is 0. The fourth-order valence-electron chi connectivity index (χ4n) is 0.714. The maximum absolute atomic E-state index is 11.3. The minimum absolute atomic E-state index is 0.158. The number of thiazole rings is 1. The van der Waals surface area contributed by atoms with E-state index in [2.05, 4.69) is 4.98 Å². The molecule has 0 aliphatic rings. The number of amides is 2. The van der Waals surface area contributed by atoms with E-state index in [0.717, 1.165) is 11.3 Å². The molecule has 2 amide bonds. The highest BCUT2D eigenvalue weighted by Gasteiger charge is 2.14. The maximum Gasteiger partial charge on any atom is 0.277 e. The average Bonchev–Trinajstić information content (AvgIpc) is 2.50. The molecule has 0 unspecified atom stereocenters. The van der Waals surface area contributed by atoms with Gasteiger partial charge in [0.05, 0.1) is 0 Å². The van der Waals surface area contributed by atoms with Crippen molar-refractivity contribution in [2.45, 2.75) is 0 Å². The standard InChI is InChI=1S/C7H9N3O2S/c1-10(2)7(12)4-3-13-6(9-4)5(8)11/h3H,1-2H3,(H2,8,11). The lowest BCUT2D eigenvalue weighted by Crippen LogP contribution is -2.22. The molecule has 0 fully saturated rings. The number of aromatic nitrogens is 1. The summed E-state index contributed by atoms with van der Waals surface area (Å²) >= 11 is 1.07. The van der Waals surface area contributed by atoms with E-state index >= 15 is 0 Å². The van der Waals surface area contributed by atoms with Gasteiger partial charge in [-0.05, 0) is 0 Å². The van der Waals surface area contributed by atoms with E-state index in [-0.39, 0.29) is 16.6 Å². The molecule has 1 rings (SSSR count). The summed E-state index contributed by atoms with van der Waals surface area (Å²) in [6.45, 7) is 0. The minimum atomic E-state index is -0.609. The molecule has 1 aromatic heterocycles. The Balaban J connectivity index is 2.92. The largest absolute Gasteiger partial charge is 0.364 e. The second-order valence-electron chi connectivity index (χ2n) is 2.60. The first-order valence-electron chi connectivity index (χ1n) is 3.49. The first-order chi connectivity index (χ1) is 6.02. The zero-order chi connectivity index (χ0) is 10.0. The molecule has 6 heteroatoms. The molecule has 0 aliphatic heterocycles. The molecule has 0 aromatic carbocycles. The van der Waals surface area contributed by atoms with Gasteiger partial charge in [0.25, 0.3) is 11.8 Å². The summed E-state index contributed by atoms with van der Waals surface area (Å²) in [5, 5.41) is 1.67. The van der Waals surface area contributed by atoms with Gasteiger partial charge >= 0.3 is 0 Å². The van der Waals surface area contributed by atoms with Crippen molar-refractivity contribution in [1.29, 1.82) is 0 Å². The highest BCUT2D eigenvalue weighted by molar-refractivity contribution is 7.11. The second-order valence-corrected chi connectivity index (χ2v) is 3.46. The van der Waals surface area contributed by atoms with E-state index in [4.69, 9.17) is 5.73 Å². The van der Waals surface area contributed by atoms with Crippen LogP contribution in [0.3, 0.4) is 0 Å². The van der Waals surface area contributed by atoms with E-state index in [1.807, 2.05) is 0 Å². The molecule has 13 heavy (non-hydrogen) atoms. The second kappa shape index (κ2) is 3.53. The smallest absolute Gasteiger partial charge is 0.277 e. The zero-order valence-corrected chi connectivity index (χ0v) is 8.09. The molecule has 0 spiro atoms. The highest BCUT2D eigenvalue weighted by Crippen LogP contribution is 2.09. The van der Waals surface area contributed by atoms with Crippen LogP contribution in [0.4, 0.5) is 0 Å². The van der Waals surface area contributed by atoms with Gasteiger partial charge in [-0.25, -0.2) is 4.98 Å². The predicted molar refractivity (Wildman–Crippen MR) is 48.6 cm³/mol. The number of rotatable bonds is 2. The quantitative estimate of drug-likeness (QED) is 0.725. The van der Waals surface area contributed by atoms with Gasteiger partial charge in [-0.1, -0.05) is 0 Å². The number of carbonyl (C=O) groups excluding carboxylic acids is 2. The monoisotopic (exact) mass is 199 g/mol. The lowest BCUT2D eigenvalue weighted by atomic mass is 10.4. The van der Waals surface area contributed by atoms with Crippen LogP contribution in [0.15, 0.2) is 5.38 Å². The Kier molecular flexibility index (Phi) is 2.62. The van der Waals surface area contributed by atoms with E-state index in [0.29, 0.717) is 0 Å². The van der Waals surface area contributed by atoms with Crippen LogP contribution in [-0.2, 0) is 0 Å². The summed E-state index contributed by atoms with van der Waals surface area (Å²) in [7, 11) is 3.23. The van der Waals surface area contributed by atoms with Crippen molar-refractivity contribution in [3.63, 3.8) is 0 Å². The van der Waals surface area contributed by atoms with Crippen LogP contribution in [0.2, 0.25) is 0 Å². The number of hydrogen-bond acceptors (Lipinski definition) is 4. The molecule has 70 valence electrons. The van der Waals surface area contributed by atoms with Crippen LogP contribution < -0.4 is 5.73 Å². The Labute approximate surface area is 79.2 Å². The van der Waals surface area contributed by atoms with E-state index in [1.54, 1.807) is 14.1 Å². The SMILES string of the molecule is CN(C)C(=O)c1csc(C(N)=O)n1. The van der Waals surface area contributed by atoms with Crippen molar-refractivity contribution < 1.29 is 9.59 Å². The van der Waals surface area contributed by atoms with Gasteiger partial charge in [0.2, 0.25) is 0 Å². The van der Waals surface area contributed by atoms with Crippen LogP contribution in [0, 0.1) is 0 Å². The van der Waals surface area contributed by atoms with Gasteiger partial charge in [-0.3, -0.25) is 9.59 Å². The van der Waals surface area contributed by atoms with Gasteiger partial charge in [0.1, 0.15) is 5.69 Å². The molecule has 0 saturated carbocycles. The summed E-state index contributed by atoms with van der Waals surface area (Å²) in [5.74, 6) is -0.841. The lowest BCUT2D eigenvalue weighted by molar-refractivity contribution is 0.0822. The Morgan fingerprint density at radius 2 is 2.15 bits per heavy atom. The van der Waals surface area contributed by atoms with Gasteiger partial charge in [-0.15, -0.1) is 11.3 Å². The molecule has 0 aliphatic carbocycles. The predicted octanol–water partition coefficient (Wildman–Crippen LogP) is -0.0562. The number of nitrogens with zero attached hydrogens (tertiary/aromatic N) is 2. The summed E-state index contributed by atoms with van der Waals surface area (Å²) in [6, 6.07) is 0. The molecule has 1 heterocycles. The van der Waals surface area contributed by atoms with Crippen molar-refractivity contribution in [3.8, 4) is 0 Å². The molecule has 0 atom stereocenters. The molecule has 2 N–H and O–H groups in total. The normalized spacial score (nSPS) is 9.69. The Bertz CT molecular complexity index is 345. The Morgan fingerprint density at radius 1 is 1.54 bits per heavy atom. The van der Waals surface area contributed by atoms with Crippen molar-refractivity contribution in [1.82, 2.24) is 9.88 Å². The summed E-state index contributed by atoms with van der Waals surface area (Å²) in [6.07, 6.45) is 0. The topological polar surface area (TPSA) is 76.3 Å². The molecular formula is C7H9N3O2S. The summed E-state index contributed by atoms with van der Waals surface area (Å²) in [5.41, 5.74) is 5.24. The number of carbonyl (C=O) groups is 2. The molecule has 1 aromatic rings. The number of hydrogen-bond donors (Lipinski definition) is 1. The van der Waals surface area contributed by atoms with Gasteiger partial charge in [0.15, 0.2) is 5.01 Å². The van der Waals surface area contributed by atoms with E-state index < -0.39 is 5.91 Å². The van der Waals surface area contributed by atoms with E-state index in [9.17, 15) is 9.59 Å². The molecular weight excluding hydrogens is 190 g/mol. The van der Waals surface area contributed by atoms with Crippen LogP contribution in [0.5, 0.6) is 0 Å². The zero-order valence-electron chi connectivity index (χ0n) is 7.27. The third-order valence-electron chi connectivity index (χ3n) is 1.34. The van der Waals surface area contributed by atoms with Gasteiger partial charge < -0.3 is 10.6 Å². The third kappa shape index (κ3) is 2.03. The van der Waals surface area contributed by atoms with Crippen LogP contribution in [0.25, 0.3) is 0 Å². The fourth-order valence-corrected chi connectivity index (χ4v) is 1.36. The Hall–Kier alpha value is -1.43. The fraction of sp³-hybridized carbons (Fsp3) is 0.286. The van der Waals surface area contributed by atoms with Crippen molar-refractivity contribution >= 4 is 23.2 Å². The first kappa shape index (κ1) is 9.66. The van der Waals surface area contributed by atoms with Crippen molar-refractivity contribution in [2.24, 2.45) is 5.73 Å². The van der Waals surface area contributed by atoms with Gasteiger partial charge in [-0.2, -0.15) is 0 Å². The minimum Gasteiger partial charge on any atom is -0.364 e. The molecule has 0 saturated heterocycles. The van der Waals surface area contributed by atoms with Crippen molar-refractivity contribution in [3.05, 3.63) is 16.1 Å². The number of primary amides is 1.